The molecule has 0 atom stereocenters. The number of rotatable bonds is 4. The zero-order valence-electron chi connectivity index (χ0n) is 16.3. The van der Waals surface area contributed by atoms with Crippen molar-refractivity contribution in [1.82, 2.24) is 10.2 Å². The lowest BCUT2D eigenvalue weighted by atomic mass is 9.99. The zero-order chi connectivity index (χ0) is 20.5. The highest BCUT2D eigenvalue weighted by atomic mass is 16.5. The monoisotopic (exact) mass is 401 g/mol. The highest BCUT2D eigenvalue weighted by Gasteiger charge is 2.21. The number of hydrogen-bond donors (Lipinski definition) is 1. The molecule has 1 N–H and O–H groups in total. The lowest BCUT2D eigenvalue weighted by Crippen LogP contribution is -2.18. The molecule has 0 radical (unpaired) electrons. The highest BCUT2D eigenvalue weighted by Crippen LogP contribution is 2.31. The van der Waals surface area contributed by atoms with E-state index in [1.54, 1.807) is 24.5 Å². The van der Waals surface area contributed by atoms with Crippen LogP contribution in [0.2, 0.25) is 0 Å². The number of hydrogen-bond acceptors (Lipinski definition) is 6. The maximum Gasteiger partial charge on any atom is 0.283 e. The summed E-state index contributed by atoms with van der Waals surface area (Å²) in [6.07, 6.45) is 3.43. The van der Waals surface area contributed by atoms with Crippen LogP contribution < -0.4 is 10.1 Å². The first-order valence-corrected chi connectivity index (χ1v) is 9.73. The third-order valence-corrected chi connectivity index (χ3v) is 4.92. The number of furan rings is 1. The molecule has 0 aliphatic carbocycles. The van der Waals surface area contributed by atoms with Crippen molar-refractivity contribution >= 4 is 11.6 Å². The van der Waals surface area contributed by atoms with Gasteiger partial charge in [-0.05, 0) is 67.3 Å². The molecule has 1 amide bonds. The molecule has 0 fully saturated rings. The van der Waals surface area contributed by atoms with Crippen molar-refractivity contribution in [1.29, 1.82) is 0 Å². The summed E-state index contributed by atoms with van der Waals surface area (Å²) in [5, 5.41) is 11.1. The number of benzene rings is 2. The fourth-order valence-corrected chi connectivity index (χ4v) is 3.58. The Morgan fingerprint density at radius 2 is 1.97 bits per heavy atom. The number of aryl methyl sites for hydroxylation is 2. The van der Waals surface area contributed by atoms with E-state index in [1.165, 1.54) is 0 Å². The Bertz CT molecular complexity index is 1210. The van der Waals surface area contributed by atoms with Crippen LogP contribution in [-0.2, 0) is 6.42 Å². The third-order valence-electron chi connectivity index (χ3n) is 4.92. The van der Waals surface area contributed by atoms with Gasteiger partial charge in [0, 0.05) is 11.3 Å². The van der Waals surface area contributed by atoms with Crippen molar-refractivity contribution in [2.24, 2.45) is 0 Å². The largest absolute Gasteiger partial charge is 0.492 e. The second kappa shape index (κ2) is 7.51. The van der Waals surface area contributed by atoms with Gasteiger partial charge in [0.2, 0.25) is 5.89 Å². The van der Waals surface area contributed by atoms with Crippen LogP contribution in [0.3, 0.4) is 0 Å². The molecule has 3 heterocycles. The van der Waals surface area contributed by atoms with Gasteiger partial charge < -0.3 is 18.9 Å². The molecule has 2 aromatic carbocycles. The second-order valence-corrected chi connectivity index (χ2v) is 7.18. The number of nitrogens with zero attached hydrogens (tertiary/aromatic N) is 2. The van der Waals surface area contributed by atoms with E-state index < -0.39 is 0 Å². The van der Waals surface area contributed by atoms with Crippen molar-refractivity contribution in [3.63, 3.8) is 0 Å². The van der Waals surface area contributed by atoms with Crippen LogP contribution in [0.5, 0.6) is 5.75 Å². The van der Waals surface area contributed by atoms with E-state index >= 15 is 0 Å². The molecule has 0 saturated heterocycles. The van der Waals surface area contributed by atoms with Crippen LogP contribution in [0.25, 0.3) is 23.1 Å². The van der Waals surface area contributed by atoms with E-state index in [9.17, 15) is 4.79 Å². The second-order valence-electron chi connectivity index (χ2n) is 7.18. The van der Waals surface area contributed by atoms with Crippen molar-refractivity contribution in [3.05, 3.63) is 71.5 Å². The number of aromatic nitrogens is 2. The minimum Gasteiger partial charge on any atom is -0.492 e. The predicted octanol–water partition coefficient (Wildman–Crippen LogP) is 4.88. The smallest absolute Gasteiger partial charge is 0.283 e. The molecule has 5 rings (SSSR count). The quantitative estimate of drug-likeness (QED) is 0.524. The molecule has 30 heavy (non-hydrogen) atoms. The fraction of sp³-hybridized carbons (Fsp3) is 0.174. The summed E-state index contributed by atoms with van der Waals surface area (Å²) in [4.78, 5) is 13.0. The first-order valence-electron chi connectivity index (χ1n) is 9.73. The molecular weight excluding hydrogens is 382 g/mol. The summed E-state index contributed by atoms with van der Waals surface area (Å²) in [6, 6.07) is 14.7. The van der Waals surface area contributed by atoms with Gasteiger partial charge in [-0.15, -0.1) is 10.2 Å². The summed E-state index contributed by atoms with van der Waals surface area (Å²) < 4.78 is 16.8. The number of carbonyl (C=O) groups is 1. The zero-order valence-corrected chi connectivity index (χ0v) is 16.3. The van der Waals surface area contributed by atoms with Crippen LogP contribution in [0.15, 0.2) is 63.6 Å². The Morgan fingerprint density at radius 1 is 1.07 bits per heavy atom. The van der Waals surface area contributed by atoms with Crippen molar-refractivity contribution in [2.45, 2.75) is 19.8 Å². The Morgan fingerprint density at radius 3 is 2.83 bits per heavy atom. The molecular formula is C23H19N3O4. The van der Waals surface area contributed by atoms with E-state index in [1.807, 2.05) is 31.2 Å². The van der Waals surface area contributed by atoms with Crippen molar-refractivity contribution in [2.75, 3.05) is 11.9 Å². The molecule has 7 heteroatoms. The van der Waals surface area contributed by atoms with Crippen LogP contribution in [0.1, 0.15) is 27.9 Å². The number of nitrogens with one attached hydrogen (secondary N) is 1. The lowest BCUT2D eigenvalue weighted by molar-refractivity contribution is 0.102. The van der Waals surface area contributed by atoms with Gasteiger partial charge in [0.15, 0.2) is 5.76 Å². The summed E-state index contributed by atoms with van der Waals surface area (Å²) in [7, 11) is 0. The maximum atomic E-state index is 13.0. The molecule has 1 aliphatic rings. The van der Waals surface area contributed by atoms with Gasteiger partial charge in [-0.2, -0.15) is 0 Å². The minimum absolute atomic E-state index is 0.212. The molecule has 4 aromatic rings. The average molecular weight is 401 g/mol. The molecule has 2 aromatic heterocycles. The minimum atomic E-state index is -0.212. The van der Waals surface area contributed by atoms with E-state index in [4.69, 9.17) is 13.6 Å². The molecule has 1 aliphatic heterocycles. The highest BCUT2D eigenvalue weighted by molar-refractivity contribution is 6.06. The van der Waals surface area contributed by atoms with Crippen molar-refractivity contribution < 1.29 is 18.4 Å². The van der Waals surface area contributed by atoms with E-state index in [0.29, 0.717) is 46.7 Å². The van der Waals surface area contributed by atoms with E-state index in [-0.39, 0.29) is 5.91 Å². The fourth-order valence-electron chi connectivity index (χ4n) is 3.58. The Balaban J connectivity index is 1.40. The van der Waals surface area contributed by atoms with Gasteiger partial charge in [0.25, 0.3) is 11.8 Å². The van der Waals surface area contributed by atoms with E-state index in [2.05, 4.69) is 21.6 Å². The lowest BCUT2D eigenvalue weighted by Gasteiger charge is -2.21. The Labute approximate surface area is 172 Å². The van der Waals surface area contributed by atoms with Gasteiger partial charge in [-0.3, -0.25) is 4.79 Å². The van der Waals surface area contributed by atoms with Crippen LogP contribution in [0, 0.1) is 6.92 Å². The predicted molar refractivity (Wildman–Crippen MR) is 110 cm³/mol. The Hall–Kier alpha value is -3.87. The van der Waals surface area contributed by atoms with E-state index in [0.717, 1.165) is 24.0 Å². The van der Waals surface area contributed by atoms with Gasteiger partial charge in [0.1, 0.15) is 5.75 Å². The van der Waals surface area contributed by atoms with Crippen LogP contribution in [-0.4, -0.2) is 22.7 Å². The molecule has 150 valence electrons. The van der Waals surface area contributed by atoms with Gasteiger partial charge in [-0.1, -0.05) is 12.1 Å². The Kier molecular flexibility index (Phi) is 4.55. The first kappa shape index (κ1) is 18.2. The van der Waals surface area contributed by atoms with Crippen molar-refractivity contribution in [3.8, 4) is 28.9 Å². The maximum absolute atomic E-state index is 13.0. The third kappa shape index (κ3) is 3.45. The number of ether oxygens (including phenoxy) is 1. The SMILES string of the molecule is Cc1cc2c(c(C(=O)Nc3cccc(-c4nnc(-c5ccco5)o4)c3)c1)OCCC2. The van der Waals surface area contributed by atoms with Crippen LogP contribution in [0.4, 0.5) is 5.69 Å². The summed E-state index contributed by atoms with van der Waals surface area (Å²) >= 11 is 0. The summed E-state index contributed by atoms with van der Waals surface area (Å²) in [5.74, 6) is 1.61. The standard InChI is InChI=1S/C23H19N3O4/c1-14-11-15-6-3-10-29-20(15)18(12-14)21(27)24-17-7-2-5-16(13-17)22-25-26-23(30-22)19-8-4-9-28-19/h2,4-5,7-9,11-13H,3,6,10H2,1H3,(H,24,27). The van der Waals surface area contributed by atoms with Gasteiger partial charge in [0.05, 0.1) is 18.4 Å². The van der Waals surface area contributed by atoms with Crippen LogP contribution >= 0.6 is 0 Å². The normalized spacial score (nSPS) is 12.8. The number of anilines is 1. The average Bonchev–Trinajstić information content (AvgIpc) is 3.45. The molecule has 0 bridgehead atoms. The molecule has 7 nitrogen and oxygen atoms in total. The number of carbonyl (C=O) groups excluding carboxylic acids is 1. The van der Waals surface area contributed by atoms with Gasteiger partial charge in [-0.25, -0.2) is 0 Å². The first-order chi connectivity index (χ1) is 14.7. The number of fused-ring (bicyclic) bond motifs is 1. The van der Waals surface area contributed by atoms with Gasteiger partial charge >= 0.3 is 0 Å². The molecule has 0 saturated carbocycles. The number of amides is 1. The topological polar surface area (TPSA) is 90.4 Å². The summed E-state index contributed by atoms with van der Waals surface area (Å²) in [5.41, 5.74) is 3.99. The molecule has 0 spiro atoms. The molecule has 0 unspecified atom stereocenters. The summed E-state index contributed by atoms with van der Waals surface area (Å²) in [6.45, 7) is 2.61.